The Morgan fingerprint density at radius 1 is 0.386 bits per heavy atom. The van der Waals surface area contributed by atoms with Gasteiger partial charge < -0.3 is 9.13 Å². The van der Waals surface area contributed by atoms with Crippen molar-refractivity contribution in [3.63, 3.8) is 0 Å². The second kappa shape index (κ2) is 13.3. The van der Waals surface area contributed by atoms with Crippen LogP contribution in [0.5, 0.6) is 0 Å². The summed E-state index contributed by atoms with van der Waals surface area (Å²) in [5.41, 5.74) is 16.5. The van der Waals surface area contributed by atoms with E-state index in [-0.39, 0.29) is 0 Å². The molecule has 4 nitrogen and oxygen atoms in total. The summed E-state index contributed by atoms with van der Waals surface area (Å²) in [6, 6.07) is 62.7. The molecule has 0 spiro atoms. The molecule has 0 N–H and O–H groups in total. The molecule has 0 saturated carbocycles. The number of fused-ring (bicyclic) bond motifs is 6. The SMILES string of the molecule is Cc1cccc(-c2ccc3c(c2)c2ccccc2n3-c2ccc(-c3cc(C)cc(C#N)c3)c(-n3c4ccccc4c4cc(-c5cccc(C)c5)ccc43)c2C#N)c1. The van der Waals surface area contributed by atoms with Gasteiger partial charge in [-0.25, -0.2) is 0 Å². The van der Waals surface area contributed by atoms with Crippen LogP contribution in [0.4, 0.5) is 0 Å². The van der Waals surface area contributed by atoms with Gasteiger partial charge in [0, 0.05) is 27.1 Å². The first kappa shape index (κ1) is 33.9. The highest BCUT2D eigenvalue weighted by molar-refractivity contribution is 6.13. The maximum Gasteiger partial charge on any atom is 0.104 e. The molecule has 0 amide bonds. The molecule has 2 aromatic heterocycles. The number of benzene rings is 8. The summed E-state index contributed by atoms with van der Waals surface area (Å²) in [5, 5.41) is 26.0. The Bertz CT molecular complexity index is 3360. The highest BCUT2D eigenvalue weighted by Gasteiger charge is 2.25. The second-order valence-corrected chi connectivity index (χ2v) is 15.1. The summed E-state index contributed by atoms with van der Waals surface area (Å²) in [4.78, 5) is 0. The van der Waals surface area contributed by atoms with Gasteiger partial charge in [0.1, 0.15) is 11.6 Å². The number of nitriles is 2. The van der Waals surface area contributed by atoms with Crippen LogP contribution in [0.3, 0.4) is 0 Å². The van der Waals surface area contributed by atoms with Crippen LogP contribution in [0, 0.1) is 43.4 Å². The van der Waals surface area contributed by atoms with Crippen molar-refractivity contribution in [2.24, 2.45) is 0 Å². The third-order valence-corrected chi connectivity index (χ3v) is 11.3. The van der Waals surface area contributed by atoms with Crippen molar-refractivity contribution in [3.8, 4) is 56.9 Å². The van der Waals surface area contributed by atoms with Crippen molar-refractivity contribution >= 4 is 43.6 Å². The first-order chi connectivity index (χ1) is 27.9. The number of nitrogens with zero attached hydrogens (tertiary/aromatic N) is 4. The summed E-state index contributed by atoms with van der Waals surface area (Å²) in [5.74, 6) is 0. The van der Waals surface area contributed by atoms with Gasteiger partial charge in [-0.1, -0.05) is 120 Å². The van der Waals surface area contributed by atoms with E-state index in [1.54, 1.807) is 0 Å². The smallest absolute Gasteiger partial charge is 0.104 e. The Balaban J connectivity index is 1.31. The van der Waals surface area contributed by atoms with Crippen molar-refractivity contribution < 1.29 is 0 Å². The van der Waals surface area contributed by atoms with E-state index in [4.69, 9.17) is 0 Å². The molecule has 57 heavy (non-hydrogen) atoms. The summed E-state index contributed by atoms with van der Waals surface area (Å²) < 4.78 is 4.51. The van der Waals surface area contributed by atoms with E-state index in [1.807, 2.05) is 19.1 Å². The number of rotatable bonds is 5. The maximum atomic E-state index is 11.5. The van der Waals surface area contributed by atoms with Crippen molar-refractivity contribution in [3.05, 3.63) is 192 Å². The largest absolute Gasteiger partial charge is 0.308 e. The van der Waals surface area contributed by atoms with Crippen LogP contribution in [0.1, 0.15) is 27.8 Å². The van der Waals surface area contributed by atoms with Crippen molar-refractivity contribution in [2.75, 3.05) is 0 Å². The average Bonchev–Trinajstić information content (AvgIpc) is 3.74. The van der Waals surface area contributed by atoms with Crippen molar-refractivity contribution in [1.82, 2.24) is 9.13 Å². The zero-order valence-corrected chi connectivity index (χ0v) is 31.9. The van der Waals surface area contributed by atoms with Crippen LogP contribution >= 0.6 is 0 Å². The van der Waals surface area contributed by atoms with Gasteiger partial charge in [-0.15, -0.1) is 0 Å². The summed E-state index contributed by atoms with van der Waals surface area (Å²) in [6.07, 6.45) is 0. The molecule has 0 unspecified atom stereocenters. The minimum absolute atomic E-state index is 0.545. The van der Waals surface area contributed by atoms with Gasteiger partial charge in [-0.2, -0.15) is 10.5 Å². The first-order valence-corrected chi connectivity index (χ1v) is 19.2. The minimum atomic E-state index is 0.545. The fraction of sp³-hybridized carbons (Fsp3) is 0.0566. The fourth-order valence-electron chi connectivity index (χ4n) is 8.80. The molecule has 4 heteroatoms. The van der Waals surface area contributed by atoms with Crippen LogP contribution in [-0.2, 0) is 0 Å². The second-order valence-electron chi connectivity index (χ2n) is 15.1. The highest BCUT2D eigenvalue weighted by Crippen LogP contribution is 2.43. The van der Waals surface area contributed by atoms with Crippen molar-refractivity contribution in [2.45, 2.75) is 20.8 Å². The molecular formula is C53H36N4. The van der Waals surface area contributed by atoms with Gasteiger partial charge in [-0.05, 0) is 109 Å². The topological polar surface area (TPSA) is 57.4 Å². The number of aromatic nitrogens is 2. The van der Waals surface area contributed by atoms with Crippen LogP contribution in [0.15, 0.2) is 164 Å². The Morgan fingerprint density at radius 2 is 0.912 bits per heavy atom. The molecule has 0 fully saturated rings. The molecule has 0 atom stereocenters. The van der Waals surface area contributed by atoms with Gasteiger partial charge in [0.2, 0.25) is 0 Å². The van der Waals surface area contributed by atoms with Crippen molar-refractivity contribution in [1.29, 1.82) is 10.5 Å². The minimum Gasteiger partial charge on any atom is -0.308 e. The zero-order valence-electron chi connectivity index (χ0n) is 31.9. The molecule has 0 bridgehead atoms. The molecule has 268 valence electrons. The quantitative estimate of drug-likeness (QED) is 0.177. The molecule has 0 aliphatic heterocycles. The van der Waals surface area contributed by atoms with E-state index in [2.05, 4.69) is 187 Å². The highest BCUT2D eigenvalue weighted by atomic mass is 15.0. The Hall–Kier alpha value is -7.66. The normalized spacial score (nSPS) is 11.4. The molecule has 0 aliphatic rings. The average molecular weight is 729 g/mol. The van der Waals surface area contributed by atoms with Gasteiger partial charge in [-0.3, -0.25) is 0 Å². The first-order valence-electron chi connectivity index (χ1n) is 19.2. The molecule has 10 rings (SSSR count). The molecule has 0 radical (unpaired) electrons. The van der Waals surface area contributed by atoms with Gasteiger partial charge >= 0.3 is 0 Å². The van der Waals surface area contributed by atoms with E-state index in [9.17, 15) is 10.5 Å². The van der Waals surface area contributed by atoms with Crippen LogP contribution in [0.25, 0.3) is 88.4 Å². The summed E-state index contributed by atoms with van der Waals surface area (Å²) >= 11 is 0. The number of para-hydroxylation sites is 2. The van der Waals surface area contributed by atoms with E-state index >= 15 is 0 Å². The van der Waals surface area contributed by atoms with E-state index in [0.717, 1.165) is 88.4 Å². The van der Waals surface area contributed by atoms with E-state index in [0.29, 0.717) is 11.1 Å². The predicted octanol–water partition coefficient (Wildman–Crippen LogP) is 13.6. The lowest BCUT2D eigenvalue weighted by atomic mass is 9.95. The van der Waals surface area contributed by atoms with Crippen LogP contribution in [0.2, 0.25) is 0 Å². The van der Waals surface area contributed by atoms with Gasteiger partial charge in [0.25, 0.3) is 0 Å². The Kier molecular flexibility index (Phi) is 7.89. The lowest BCUT2D eigenvalue weighted by Gasteiger charge is -2.20. The molecule has 0 saturated heterocycles. The Morgan fingerprint density at radius 3 is 1.49 bits per heavy atom. The number of aryl methyl sites for hydroxylation is 3. The number of hydrogen-bond acceptors (Lipinski definition) is 2. The number of hydrogen-bond donors (Lipinski definition) is 0. The third-order valence-electron chi connectivity index (χ3n) is 11.3. The monoisotopic (exact) mass is 728 g/mol. The zero-order chi connectivity index (χ0) is 38.8. The molecule has 0 aliphatic carbocycles. The molecule has 8 aromatic carbocycles. The fourth-order valence-corrected chi connectivity index (χ4v) is 8.80. The standard InChI is InChI=1S/C53H36N4/c1-33-10-8-12-37(25-33)39-18-21-50-45(29-39)43-14-4-6-16-48(43)56(50)52-23-20-42(41-27-35(3)24-36(28-41)31-54)53(47(52)32-55)57-49-17-7-5-15-44(49)46-30-40(19-22-51(46)57)38-13-9-11-34(2)26-38/h4-30H,1-3H3. The Labute approximate surface area is 331 Å². The predicted molar refractivity (Wildman–Crippen MR) is 235 cm³/mol. The lowest BCUT2D eigenvalue weighted by molar-refractivity contribution is 1.12. The summed E-state index contributed by atoms with van der Waals surface area (Å²) in [6.45, 7) is 6.26. The van der Waals surface area contributed by atoms with Gasteiger partial charge in [0.05, 0.1) is 45.1 Å². The maximum absolute atomic E-state index is 11.5. The van der Waals surface area contributed by atoms with Crippen LogP contribution < -0.4 is 0 Å². The van der Waals surface area contributed by atoms with Gasteiger partial charge in [0.15, 0.2) is 0 Å². The molecule has 10 aromatic rings. The van der Waals surface area contributed by atoms with Crippen LogP contribution in [-0.4, -0.2) is 9.13 Å². The molecular weight excluding hydrogens is 693 g/mol. The third kappa shape index (κ3) is 5.50. The molecule has 2 heterocycles. The summed E-state index contributed by atoms with van der Waals surface area (Å²) in [7, 11) is 0. The van der Waals surface area contributed by atoms with E-state index < -0.39 is 0 Å². The lowest BCUT2D eigenvalue weighted by Crippen LogP contribution is -2.06. The van der Waals surface area contributed by atoms with E-state index in [1.165, 1.54) is 16.7 Å².